The van der Waals surface area contributed by atoms with Gasteiger partial charge in [-0.1, -0.05) is 12.1 Å². The van der Waals surface area contributed by atoms with Gasteiger partial charge in [0.05, 0.1) is 22.9 Å². The fraction of sp³-hybridized carbons (Fsp3) is 0.235. The maximum absolute atomic E-state index is 5.45. The molecule has 1 atom stereocenters. The van der Waals surface area contributed by atoms with Crippen molar-refractivity contribution in [3.8, 4) is 5.75 Å². The molecule has 3 nitrogen and oxygen atoms in total. The Bertz CT molecular complexity index is 688. The van der Waals surface area contributed by atoms with E-state index < -0.39 is 0 Å². The number of benzene rings is 2. The summed E-state index contributed by atoms with van der Waals surface area (Å²) in [4.78, 5) is 4.69. The molecule has 0 amide bonds. The molecule has 0 saturated heterocycles. The van der Waals surface area contributed by atoms with E-state index in [1.54, 1.807) is 11.3 Å². The number of hydrogen-bond donors (Lipinski definition) is 1. The number of ether oxygens (including phenoxy) is 1. The van der Waals surface area contributed by atoms with Crippen LogP contribution in [0.2, 0.25) is 0 Å². The second-order valence-electron chi connectivity index (χ2n) is 4.84. The highest BCUT2D eigenvalue weighted by Gasteiger charge is 2.11. The van der Waals surface area contributed by atoms with Crippen molar-refractivity contribution in [2.45, 2.75) is 19.9 Å². The molecule has 1 aromatic heterocycles. The number of rotatable bonds is 5. The molecule has 0 saturated carbocycles. The van der Waals surface area contributed by atoms with E-state index in [2.05, 4.69) is 35.4 Å². The first kappa shape index (κ1) is 13.9. The van der Waals surface area contributed by atoms with Crippen molar-refractivity contribution < 1.29 is 4.74 Å². The third-order valence-corrected chi connectivity index (χ3v) is 4.45. The fourth-order valence-corrected chi connectivity index (χ4v) is 3.17. The Morgan fingerprint density at radius 2 is 1.90 bits per heavy atom. The normalized spacial score (nSPS) is 12.3. The van der Waals surface area contributed by atoms with Crippen LogP contribution in [0.25, 0.3) is 10.2 Å². The Hall–Kier alpha value is -2.07. The van der Waals surface area contributed by atoms with Crippen molar-refractivity contribution in [2.75, 3.05) is 11.9 Å². The zero-order valence-electron chi connectivity index (χ0n) is 12.2. The van der Waals surface area contributed by atoms with Crippen molar-refractivity contribution >= 4 is 27.2 Å². The number of nitrogens with one attached hydrogen (secondary N) is 1. The van der Waals surface area contributed by atoms with Gasteiger partial charge in [-0.3, -0.25) is 0 Å². The number of para-hydroxylation sites is 1. The predicted octanol–water partition coefficient (Wildman–Crippen LogP) is 4.87. The summed E-state index contributed by atoms with van der Waals surface area (Å²) in [5, 5.41) is 4.58. The maximum atomic E-state index is 5.45. The summed E-state index contributed by atoms with van der Waals surface area (Å²) in [6.45, 7) is 4.81. The van der Waals surface area contributed by atoms with Gasteiger partial charge in [-0.15, -0.1) is 11.3 Å². The molecule has 2 aromatic carbocycles. The summed E-state index contributed by atoms with van der Waals surface area (Å²) in [5.74, 6) is 0.899. The first-order chi connectivity index (χ1) is 10.3. The van der Waals surface area contributed by atoms with Crippen LogP contribution < -0.4 is 10.1 Å². The lowest BCUT2D eigenvalue weighted by molar-refractivity contribution is 0.340. The number of aromatic nitrogens is 1. The molecule has 1 N–H and O–H groups in total. The largest absolute Gasteiger partial charge is 0.494 e. The molecule has 108 valence electrons. The van der Waals surface area contributed by atoms with E-state index >= 15 is 0 Å². The Labute approximate surface area is 128 Å². The summed E-state index contributed by atoms with van der Waals surface area (Å²) < 4.78 is 6.68. The maximum Gasteiger partial charge on any atom is 0.119 e. The van der Waals surface area contributed by atoms with E-state index in [1.165, 1.54) is 4.70 Å². The highest BCUT2D eigenvalue weighted by atomic mass is 32.1. The molecule has 0 aliphatic heterocycles. The second kappa shape index (κ2) is 6.14. The smallest absolute Gasteiger partial charge is 0.119 e. The molecule has 0 aliphatic carbocycles. The van der Waals surface area contributed by atoms with Gasteiger partial charge < -0.3 is 10.1 Å². The number of hydrogen-bond acceptors (Lipinski definition) is 4. The molecule has 0 aliphatic rings. The van der Waals surface area contributed by atoms with Crippen LogP contribution >= 0.6 is 11.3 Å². The van der Waals surface area contributed by atoms with E-state index in [9.17, 15) is 0 Å². The van der Waals surface area contributed by atoms with E-state index in [-0.39, 0.29) is 6.04 Å². The van der Waals surface area contributed by atoms with Crippen LogP contribution in [0.3, 0.4) is 0 Å². The Kier molecular flexibility index (Phi) is 4.06. The van der Waals surface area contributed by atoms with Gasteiger partial charge in [0.15, 0.2) is 0 Å². The van der Waals surface area contributed by atoms with Crippen molar-refractivity contribution in [3.63, 3.8) is 0 Å². The second-order valence-corrected chi connectivity index (χ2v) is 5.91. The van der Waals surface area contributed by atoms with Crippen LogP contribution in [-0.4, -0.2) is 11.6 Å². The number of fused-ring (bicyclic) bond motifs is 1. The summed E-state index contributed by atoms with van der Waals surface area (Å²) in [5.41, 5.74) is 2.14. The predicted molar refractivity (Wildman–Crippen MR) is 89.3 cm³/mol. The lowest BCUT2D eigenvalue weighted by atomic mass is 10.2. The van der Waals surface area contributed by atoms with Crippen LogP contribution in [0.15, 0.2) is 48.5 Å². The Balaban J connectivity index is 1.74. The molecule has 1 heterocycles. The molecule has 3 rings (SSSR count). The topological polar surface area (TPSA) is 34.1 Å². The van der Waals surface area contributed by atoms with E-state index in [1.807, 2.05) is 37.3 Å². The zero-order valence-corrected chi connectivity index (χ0v) is 13.0. The van der Waals surface area contributed by atoms with Gasteiger partial charge in [0, 0.05) is 5.69 Å². The fourth-order valence-electron chi connectivity index (χ4n) is 2.20. The standard InChI is InChI=1S/C17H18N2OS/c1-3-20-14-10-8-13(9-11-14)18-12(2)17-19-15-6-4-5-7-16(15)21-17/h4-12,18H,3H2,1-2H3. The molecule has 0 fully saturated rings. The molecular formula is C17H18N2OS. The summed E-state index contributed by atoms with van der Waals surface area (Å²) >= 11 is 1.74. The van der Waals surface area contributed by atoms with E-state index in [0.29, 0.717) is 6.61 Å². The molecule has 0 bridgehead atoms. The van der Waals surface area contributed by atoms with Gasteiger partial charge in [0.1, 0.15) is 10.8 Å². The van der Waals surface area contributed by atoms with E-state index in [4.69, 9.17) is 4.74 Å². The Morgan fingerprint density at radius 1 is 1.14 bits per heavy atom. The SMILES string of the molecule is CCOc1ccc(NC(C)c2nc3ccccc3s2)cc1. The van der Waals surface area contributed by atoms with Crippen LogP contribution in [0.1, 0.15) is 24.9 Å². The van der Waals surface area contributed by atoms with Crippen LogP contribution in [0.4, 0.5) is 5.69 Å². The van der Waals surface area contributed by atoms with Crippen LogP contribution in [0.5, 0.6) is 5.75 Å². The van der Waals surface area contributed by atoms with Gasteiger partial charge in [0.25, 0.3) is 0 Å². The number of anilines is 1. The minimum Gasteiger partial charge on any atom is -0.494 e. The van der Waals surface area contributed by atoms with Gasteiger partial charge in [-0.05, 0) is 50.2 Å². The highest BCUT2D eigenvalue weighted by Crippen LogP contribution is 2.28. The molecule has 3 aromatic rings. The molecule has 21 heavy (non-hydrogen) atoms. The summed E-state index contributed by atoms with van der Waals surface area (Å²) in [6, 6.07) is 16.5. The lowest BCUT2D eigenvalue weighted by Gasteiger charge is -2.13. The van der Waals surface area contributed by atoms with Gasteiger partial charge in [0.2, 0.25) is 0 Å². The molecule has 4 heteroatoms. The van der Waals surface area contributed by atoms with Gasteiger partial charge in [-0.25, -0.2) is 4.98 Å². The van der Waals surface area contributed by atoms with E-state index in [0.717, 1.165) is 22.0 Å². The number of thiazole rings is 1. The molecule has 1 unspecified atom stereocenters. The minimum atomic E-state index is 0.181. The number of nitrogens with zero attached hydrogens (tertiary/aromatic N) is 1. The first-order valence-corrected chi connectivity index (χ1v) is 7.93. The average molecular weight is 298 g/mol. The molecule has 0 radical (unpaired) electrons. The summed E-state index contributed by atoms with van der Waals surface area (Å²) in [7, 11) is 0. The summed E-state index contributed by atoms with van der Waals surface area (Å²) in [6.07, 6.45) is 0. The lowest BCUT2D eigenvalue weighted by Crippen LogP contribution is -2.06. The molecular weight excluding hydrogens is 280 g/mol. The van der Waals surface area contributed by atoms with Crippen molar-refractivity contribution in [3.05, 3.63) is 53.5 Å². The monoisotopic (exact) mass is 298 g/mol. The van der Waals surface area contributed by atoms with Gasteiger partial charge in [-0.2, -0.15) is 0 Å². The third kappa shape index (κ3) is 3.16. The minimum absolute atomic E-state index is 0.181. The van der Waals surface area contributed by atoms with Crippen molar-refractivity contribution in [2.24, 2.45) is 0 Å². The Morgan fingerprint density at radius 3 is 2.62 bits per heavy atom. The van der Waals surface area contributed by atoms with Crippen LogP contribution in [0, 0.1) is 0 Å². The van der Waals surface area contributed by atoms with Gasteiger partial charge >= 0.3 is 0 Å². The molecule has 0 spiro atoms. The highest BCUT2D eigenvalue weighted by molar-refractivity contribution is 7.18. The zero-order chi connectivity index (χ0) is 14.7. The van der Waals surface area contributed by atoms with Crippen molar-refractivity contribution in [1.29, 1.82) is 0 Å². The third-order valence-electron chi connectivity index (χ3n) is 3.23. The quantitative estimate of drug-likeness (QED) is 0.730. The van der Waals surface area contributed by atoms with Crippen LogP contribution in [-0.2, 0) is 0 Å². The first-order valence-electron chi connectivity index (χ1n) is 7.11. The average Bonchev–Trinajstić information content (AvgIpc) is 2.94. The van der Waals surface area contributed by atoms with Crippen molar-refractivity contribution in [1.82, 2.24) is 4.98 Å².